The molecule has 0 aliphatic carbocycles. The van der Waals surface area contributed by atoms with E-state index in [-0.39, 0.29) is 0 Å². The Hall–Kier alpha value is -1.36. The molecule has 2 amide bonds. The first-order chi connectivity index (χ1) is 5.81. The molecular formula is C8H15N2O3+. The maximum atomic E-state index is 11.0. The van der Waals surface area contributed by atoms with E-state index in [0.29, 0.717) is 0 Å². The van der Waals surface area contributed by atoms with Gasteiger partial charge in [-0.15, -0.1) is 0 Å². The minimum Gasteiger partial charge on any atom is -0.414 e. The van der Waals surface area contributed by atoms with Crippen molar-refractivity contribution < 1.29 is 19.6 Å². The normalized spacial score (nSPS) is 11.6. The van der Waals surface area contributed by atoms with Crippen LogP contribution in [-0.2, 0) is 9.53 Å². The quantitative estimate of drug-likeness (QED) is 0.570. The van der Waals surface area contributed by atoms with E-state index >= 15 is 0 Å². The van der Waals surface area contributed by atoms with Gasteiger partial charge in [0.05, 0.1) is 6.08 Å². The Balaban J connectivity index is 3.83. The summed E-state index contributed by atoms with van der Waals surface area (Å²) in [4.78, 5) is 21.2. The first-order valence-corrected chi connectivity index (χ1v) is 3.85. The second kappa shape index (κ2) is 4.61. The number of primary amides is 2. The van der Waals surface area contributed by atoms with Crippen LogP contribution in [0.5, 0.6) is 0 Å². The minimum absolute atomic E-state index is 0.495. The van der Waals surface area contributed by atoms with Gasteiger partial charge in [-0.25, -0.2) is 5.32 Å². The average molecular weight is 187 g/mol. The highest BCUT2D eigenvalue weighted by molar-refractivity contribution is 5.85. The van der Waals surface area contributed by atoms with Crippen LogP contribution in [0.2, 0.25) is 0 Å². The van der Waals surface area contributed by atoms with Crippen molar-refractivity contribution in [3.63, 3.8) is 0 Å². The summed E-state index contributed by atoms with van der Waals surface area (Å²) in [5.41, 5.74) is 4.29. The lowest BCUT2D eigenvalue weighted by Crippen LogP contribution is -2.83. The lowest BCUT2D eigenvalue weighted by atomic mass is 10.2. The number of ether oxygens (including phenoxy) is 1. The summed E-state index contributed by atoms with van der Waals surface area (Å²) in [6.45, 7) is 5.28. The van der Waals surface area contributed by atoms with Crippen molar-refractivity contribution in [1.29, 1.82) is 0 Å². The first kappa shape index (κ1) is 11.6. The van der Waals surface area contributed by atoms with Crippen LogP contribution in [0.3, 0.4) is 0 Å². The van der Waals surface area contributed by atoms with Gasteiger partial charge in [0.1, 0.15) is 11.8 Å². The van der Waals surface area contributed by atoms with Crippen molar-refractivity contribution in [3.8, 4) is 0 Å². The molecule has 0 spiro atoms. The highest BCUT2D eigenvalue weighted by Gasteiger charge is 2.17. The Labute approximate surface area is 76.9 Å². The van der Waals surface area contributed by atoms with Crippen molar-refractivity contribution >= 4 is 12.0 Å². The maximum Gasteiger partial charge on any atom is 0.517 e. The first-order valence-electron chi connectivity index (χ1n) is 3.85. The van der Waals surface area contributed by atoms with Crippen LogP contribution in [0.1, 0.15) is 20.8 Å². The molecule has 0 aliphatic rings. The van der Waals surface area contributed by atoms with Gasteiger partial charge in [-0.2, -0.15) is 4.79 Å². The van der Waals surface area contributed by atoms with Gasteiger partial charge < -0.3 is 10.5 Å². The van der Waals surface area contributed by atoms with Crippen LogP contribution in [-0.4, -0.2) is 17.6 Å². The Morgan fingerprint density at radius 2 is 1.92 bits per heavy atom. The fraction of sp³-hybridized carbons (Fsp3) is 0.500. The molecular weight excluding hydrogens is 172 g/mol. The molecule has 0 aliphatic heterocycles. The van der Waals surface area contributed by atoms with E-state index in [0.717, 1.165) is 11.4 Å². The monoisotopic (exact) mass is 187 g/mol. The SMILES string of the molecule is CC(C)(C)OC(=O)[NH2+]/C=C\C(N)=O. The number of hydrogen-bond donors (Lipinski definition) is 2. The molecule has 0 heterocycles. The van der Waals surface area contributed by atoms with Crippen molar-refractivity contribution in [2.45, 2.75) is 26.4 Å². The van der Waals surface area contributed by atoms with E-state index in [4.69, 9.17) is 10.5 Å². The molecule has 0 unspecified atom stereocenters. The average Bonchev–Trinajstić information content (AvgIpc) is 1.81. The van der Waals surface area contributed by atoms with Gasteiger partial charge in [0.25, 0.3) is 0 Å². The summed E-state index contributed by atoms with van der Waals surface area (Å²) >= 11 is 0. The Morgan fingerprint density at radius 3 is 2.31 bits per heavy atom. The standard InChI is InChI=1S/C8H14N2O3/c1-8(2,3)13-7(12)10-5-4-6(9)11/h4-5H,1-3H3,(H2,9,11)(H,10,12)/p+1/b5-4-. The van der Waals surface area contributed by atoms with Crippen molar-refractivity contribution in [1.82, 2.24) is 0 Å². The smallest absolute Gasteiger partial charge is 0.414 e. The Morgan fingerprint density at radius 1 is 1.38 bits per heavy atom. The molecule has 4 N–H and O–H groups in total. The van der Waals surface area contributed by atoms with Crippen LogP contribution in [0, 0.1) is 0 Å². The van der Waals surface area contributed by atoms with Crippen molar-refractivity contribution in [2.24, 2.45) is 5.73 Å². The van der Waals surface area contributed by atoms with E-state index in [1.165, 1.54) is 6.20 Å². The highest BCUT2D eigenvalue weighted by Crippen LogP contribution is 2.04. The van der Waals surface area contributed by atoms with E-state index in [1.807, 2.05) is 0 Å². The van der Waals surface area contributed by atoms with Crippen LogP contribution in [0.25, 0.3) is 0 Å². The number of hydrogen-bond acceptors (Lipinski definition) is 3. The Bertz CT molecular complexity index is 228. The fourth-order valence-corrected chi connectivity index (χ4v) is 0.557. The predicted octanol–water partition coefficient (Wildman–Crippen LogP) is -0.516. The minimum atomic E-state index is -0.597. The zero-order valence-corrected chi connectivity index (χ0v) is 8.03. The largest absolute Gasteiger partial charge is 0.517 e. The van der Waals surface area contributed by atoms with E-state index in [9.17, 15) is 9.59 Å². The van der Waals surface area contributed by atoms with Gasteiger partial charge in [-0.3, -0.25) is 4.79 Å². The van der Waals surface area contributed by atoms with Crippen LogP contribution in [0.15, 0.2) is 12.3 Å². The number of amides is 2. The summed E-state index contributed by atoms with van der Waals surface area (Å²) in [5, 5.41) is 1.15. The molecule has 5 nitrogen and oxygen atoms in total. The zero-order chi connectivity index (χ0) is 10.5. The molecule has 0 radical (unpaired) electrons. The summed E-state index contributed by atoms with van der Waals surface area (Å²) in [7, 11) is 0. The molecule has 0 bridgehead atoms. The van der Waals surface area contributed by atoms with Crippen LogP contribution >= 0.6 is 0 Å². The summed E-state index contributed by atoms with van der Waals surface area (Å²) in [6, 6.07) is 0. The van der Waals surface area contributed by atoms with E-state index in [2.05, 4.69) is 0 Å². The third-order valence-corrected chi connectivity index (χ3v) is 0.900. The highest BCUT2D eigenvalue weighted by atomic mass is 16.6. The number of carbonyl (C=O) groups is 2. The maximum absolute atomic E-state index is 11.0. The van der Waals surface area contributed by atoms with Gasteiger partial charge in [0.2, 0.25) is 5.91 Å². The van der Waals surface area contributed by atoms with Crippen LogP contribution in [0.4, 0.5) is 4.79 Å². The number of rotatable bonds is 2. The molecule has 13 heavy (non-hydrogen) atoms. The third kappa shape index (κ3) is 8.55. The summed E-state index contributed by atoms with van der Waals surface area (Å²) in [5.74, 6) is -0.597. The lowest BCUT2D eigenvalue weighted by molar-refractivity contribution is -0.502. The van der Waals surface area contributed by atoms with Gasteiger partial charge in [0, 0.05) is 0 Å². The molecule has 74 valence electrons. The van der Waals surface area contributed by atoms with E-state index in [1.54, 1.807) is 20.8 Å². The topological polar surface area (TPSA) is 86.0 Å². The number of carbonyl (C=O) groups excluding carboxylic acids is 2. The molecule has 0 saturated carbocycles. The van der Waals surface area contributed by atoms with Gasteiger partial charge in [0.15, 0.2) is 0 Å². The molecule has 0 atom stereocenters. The zero-order valence-electron chi connectivity index (χ0n) is 8.03. The second-order valence-corrected chi connectivity index (χ2v) is 3.46. The fourth-order valence-electron chi connectivity index (χ4n) is 0.557. The van der Waals surface area contributed by atoms with Gasteiger partial charge >= 0.3 is 6.09 Å². The van der Waals surface area contributed by atoms with Crippen molar-refractivity contribution in [2.75, 3.05) is 0 Å². The van der Waals surface area contributed by atoms with Crippen LogP contribution < -0.4 is 11.1 Å². The Kier molecular flexibility index (Phi) is 4.13. The number of nitrogens with two attached hydrogens (primary N) is 2. The number of quaternary nitrogens is 1. The summed E-state index contributed by atoms with van der Waals surface area (Å²) in [6.07, 6.45) is 1.85. The molecule has 5 heteroatoms. The predicted molar refractivity (Wildman–Crippen MR) is 46.5 cm³/mol. The van der Waals surface area contributed by atoms with Crippen molar-refractivity contribution in [3.05, 3.63) is 12.3 Å². The van der Waals surface area contributed by atoms with Gasteiger partial charge in [-0.1, -0.05) is 0 Å². The lowest BCUT2D eigenvalue weighted by Gasteiger charge is -2.16. The molecule has 0 saturated heterocycles. The second-order valence-electron chi connectivity index (χ2n) is 3.46. The molecule has 0 aromatic heterocycles. The molecule has 0 rings (SSSR count). The summed E-state index contributed by atoms with van der Waals surface area (Å²) < 4.78 is 4.92. The molecule has 0 aromatic rings. The van der Waals surface area contributed by atoms with Gasteiger partial charge in [-0.05, 0) is 20.8 Å². The molecule has 0 aromatic carbocycles. The third-order valence-electron chi connectivity index (χ3n) is 0.900. The molecule has 0 fully saturated rings. The van der Waals surface area contributed by atoms with E-state index < -0.39 is 17.6 Å².